The van der Waals surface area contributed by atoms with E-state index in [1.54, 1.807) is 43.5 Å². The summed E-state index contributed by atoms with van der Waals surface area (Å²) in [6.07, 6.45) is 6.89. The lowest BCUT2D eigenvalue weighted by atomic mass is 9.96. The van der Waals surface area contributed by atoms with E-state index in [9.17, 15) is 14.4 Å². The zero-order valence-electron chi connectivity index (χ0n) is 25.3. The molecule has 2 N–H and O–H groups in total. The minimum absolute atomic E-state index is 0.227. The van der Waals surface area contributed by atoms with Gasteiger partial charge < -0.3 is 20.3 Å². The van der Waals surface area contributed by atoms with E-state index in [1.807, 2.05) is 37.4 Å². The number of ether oxygens (including phenoxy) is 1. The van der Waals surface area contributed by atoms with E-state index in [4.69, 9.17) is 4.74 Å². The van der Waals surface area contributed by atoms with E-state index >= 15 is 0 Å². The van der Waals surface area contributed by atoms with Crippen LogP contribution in [-0.4, -0.2) is 59.0 Å². The van der Waals surface area contributed by atoms with Gasteiger partial charge in [-0.1, -0.05) is 58.0 Å². The van der Waals surface area contributed by atoms with E-state index < -0.39 is 23.8 Å². The quantitative estimate of drug-likeness (QED) is 0.222. The summed E-state index contributed by atoms with van der Waals surface area (Å²) in [4.78, 5) is 42.7. The van der Waals surface area contributed by atoms with Crippen molar-refractivity contribution in [1.82, 2.24) is 15.5 Å². The van der Waals surface area contributed by atoms with Crippen LogP contribution < -0.4 is 10.6 Å². The van der Waals surface area contributed by atoms with Crippen LogP contribution in [0.4, 0.5) is 4.79 Å². The summed E-state index contributed by atoms with van der Waals surface area (Å²) in [6.45, 7) is 18.1. The summed E-state index contributed by atoms with van der Waals surface area (Å²) in [5.41, 5.74) is 0.882. The number of thioether (sulfide) groups is 1. The first-order valence-corrected chi connectivity index (χ1v) is 15.5. The van der Waals surface area contributed by atoms with Crippen molar-refractivity contribution in [2.75, 3.05) is 18.6 Å². The van der Waals surface area contributed by atoms with E-state index in [0.717, 1.165) is 31.2 Å². The number of benzene rings is 1. The second-order valence-corrected chi connectivity index (χ2v) is 12.5. The van der Waals surface area contributed by atoms with Crippen molar-refractivity contribution >= 4 is 35.7 Å². The first-order valence-electron chi connectivity index (χ1n) is 14.1. The van der Waals surface area contributed by atoms with Crippen LogP contribution in [0.3, 0.4) is 0 Å². The van der Waals surface area contributed by atoms with Gasteiger partial charge >= 0.3 is 6.09 Å². The zero-order chi connectivity index (χ0) is 29.6. The number of carbonyl (C=O) groups excluding carboxylic acids is 3. The number of alkyl carbamates (subject to hydrolysis) is 1. The van der Waals surface area contributed by atoms with Gasteiger partial charge in [-0.25, -0.2) is 4.79 Å². The second kappa shape index (κ2) is 17.3. The molecule has 7 nitrogen and oxygen atoms in total. The molecular weight excluding hydrogens is 510 g/mol. The second-order valence-electron chi connectivity index (χ2n) is 11.5. The van der Waals surface area contributed by atoms with E-state index in [1.165, 1.54) is 0 Å². The molecule has 0 saturated heterocycles. The predicted molar refractivity (Wildman–Crippen MR) is 164 cm³/mol. The van der Waals surface area contributed by atoms with Crippen molar-refractivity contribution in [3.8, 4) is 0 Å². The molecule has 1 aromatic rings. The topological polar surface area (TPSA) is 87.7 Å². The molecule has 0 aliphatic heterocycles. The monoisotopic (exact) mass is 561 g/mol. The number of rotatable bonds is 16. The van der Waals surface area contributed by atoms with Crippen molar-refractivity contribution in [2.45, 2.75) is 104 Å². The Morgan fingerprint density at radius 3 is 2.38 bits per heavy atom. The number of nitrogens with one attached hydrogen (secondary N) is 2. The molecule has 0 saturated carbocycles. The standard InChI is InChI=1S/C31H51N3O4S/c1-10-12-19-32-28(35)27(25-15-13-14-24(11-2)21-25)34(23(5)17-16-22(3)4)29(36)26(18-20-39-9)33-30(37)38-31(6,7)8/h11,13-15,21-23,26-27H,2,10,12,16-20H2,1,3-9H3,(H,32,35)(H,33,37). The Kier molecular flexibility index (Phi) is 15.3. The van der Waals surface area contributed by atoms with Crippen LogP contribution in [0.25, 0.3) is 6.08 Å². The Bertz CT molecular complexity index is 929. The third-order valence-corrected chi connectivity index (χ3v) is 6.95. The summed E-state index contributed by atoms with van der Waals surface area (Å²) >= 11 is 1.60. The Balaban J connectivity index is 3.61. The summed E-state index contributed by atoms with van der Waals surface area (Å²) in [5, 5.41) is 5.87. The van der Waals surface area contributed by atoms with E-state index in [-0.39, 0.29) is 17.9 Å². The van der Waals surface area contributed by atoms with Gasteiger partial charge in [0.25, 0.3) is 0 Å². The molecule has 0 fully saturated rings. The highest BCUT2D eigenvalue weighted by atomic mass is 32.2. The maximum Gasteiger partial charge on any atom is 0.408 e. The molecule has 0 aliphatic rings. The predicted octanol–water partition coefficient (Wildman–Crippen LogP) is 6.59. The molecule has 3 atom stereocenters. The van der Waals surface area contributed by atoms with Crippen molar-refractivity contribution in [1.29, 1.82) is 0 Å². The molecule has 8 heteroatoms. The molecule has 0 aliphatic carbocycles. The largest absolute Gasteiger partial charge is 0.444 e. The highest BCUT2D eigenvalue weighted by Gasteiger charge is 2.38. The fraction of sp³-hybridized carbons (Fsp3) is 0.645. The van der Waals surface area contributed by atoms with Gasteiger partial charge in [0.2, 0.25) is 11.8 Å². The number of hydrogen-bond donors (Lipinski definition) is 2. The smallest absolute Gasteiger partial charge is 0.408 e. The molecule has 39 heavy (non-hydrogen) atoms. The Morgan fingerprint density at radius 1 is 1.13 bits per heavy atom. The van der Waals surface area contributed by atoms with Gasteiger partial charge in [-0.05, 0) is 88.5 Å². The van der Waals surface area contributed by atoms with Gasteiger partial charge in [0.1, 0.15) is 17.7 Å². The molecule has 220 valence electrons. The summed E-state index contributed by atoms with van der Waals surface area (Å²) < 4.78 is 5.49. The lowest BCUT2D eigenvalue weighted by Crippen LogP contribution is -2.55. The molecule has 1 rings (SSSR count). The van der Waals surface area contributed by atoms with Crippen LogP contribution in [0.5, 0.6) is 0 Å². The molecule has 3 unspecified atom stereocenters. The number of carbonyl (C=O) groups is 3. The maximum atomic E-state index is 14.4. The first kappa shape index (κ1) is 34.5. The number of unbranched alkanes of at least 4 members (excludes halogenated alkanes) is 1. The molecular formula is C31H51N3O4S. The number of nitrogens with zero attached hydrogens (tertiary/aromatic N) is 1. The van der Waals surface area contributed by atoms with Crippen molar-refractivity contribution in [3.63, 3.8) is 0 Å². The molecule has 0 radical (unpaired) electrons. The third-order valence-electron chi connectivity index (χ3n) is 6.31. The third kappa shape index (κ3) is 12.5. The van der Waals surface area contributed by atoms with Crippen LogP contribution in [0, 0.1) is 5.92 Å². The minimum Gasteiger partial charge on any atom is -0.444 e. The molecule has 3 amide bonds. The number of hydrogen-bond acceptors (Lipinski definition) is 5. The molecule has 0 aromatic heterocycles. The molecule has 0 spiro atoms. The molecule has 0 heterocycles. The van der Waals surface area contributed by atoms with E-state index in [0.29, 0.717) is 30.2 Å². The Hall–Kier alpha value is -2.48. The normalized spacial score (nSPS) is 13.8. The summed E-state index contributed by atoms with van der Waals surface area (Å²) in [6, 6.07) is 5.66. The van der Waals surface area contributed by atoms with E-state index in [2.05, 4.69) is 38.0 Å². The van der Waals surface area contributed by atoms with Crippen LogP contribution in [0.1, 0.15) is 97.7 Å². The van der Waals surface area contributed by atoms with Gasteiger partial charge in [0.15, 0.2) is 0 Å². The van der Waals surface area contributed by atoms with Gasteiger partial charge in [0, 0.05) is 12.6 Å². The van der Waals surface area contributed by atoms with Crippen molar-refractivity contribution in [2.24, 2.45) is 5.92 Å². The van der Waals surface area contributed by atoms with Gasteiger partial charge in [-0.15, -0.1) is 0 Å². The van der Waals surface area contributed by atoms with Crippen LogP contribution in [-0.2, 0) is 14.3 Å². The fourth-order valence-corrected chi connectivity index (χ4v) is 4.69. The minimum atomic E-state index is -0.853. The molecule has 1 aromatic carbocycles. The van der Waals surface area contributed by atoms with Crippen LogP contribution in [0.2, 0.25) is 0 Å². The lowest BCUT2D eigenvalue weighted by Gasteiger charge is -2.39. The van der Waals surface area contributed by atoms with Gasteiger partial charge in [-0.3, -0.25) is 9.59 Å². The first-order chi connectivity index (χ1) is 18.3. The lowest BCUT2D eigenvalue weighted by molar-refractivity contribution is -0.145. The SMILES string of the molecule is C=Cc1cccc(C(C(=O)NCCCC)N(C(=O)C(CCSC)NC(=O)OC(C)(C)C)C(C)CCC(C)C)c1. The average Bonchev–Trinajstić information content (AvgIpc) is 2.86. The average molecular weight is 562 g/mol. The summed E-state index contributed by atoms with van der Waals surface area (Å²) in [5.74, 6) is 0.596. The van der Waals surface area contributed by atoms with Gasteiger partial charge in [-0.2, -0.15) is 11.8 Å². The highest BCUT2D eigenvalue weighted by Crippen LogP contribution is 2.29. The van der Waals surface area contributed by atoms with Crippen molar-refractivity contribution < 1.29 is 19.1 Å². The van der Waals surface area contributed by atoms with Gasteiger partial charge in [0.05, 0.1) is 0 Å². The molecule has 0 bridgehead atoms. The highest BCUT2D eigenvalue weighted by molar-refractivity contribution is 7.98. The maximum absolute atomic E-state index is 14.4. The van der Waals surface area contributed by atoms with Crippen molar-refractivity contribution in [3.05, 3.63) is 42.0 Å². The number of amides is 3. The Labute approximate surface area is 240 Å². The zero-order valence-corrected chi connectivity index (χ0v) is 26.2. The van der Waals surface area contributed by atoms with Crippen LogP contribution in [0.15, 0.2) is 30.8 Å². The summed E-state index contributed by atoms with van der Waals surface area (Å²) in [7, 11) is 0. The Morgan fingerprint density at radius 2 is 1.82 bits per heavy atom. The fourth-order valence-electron chi connectivity index (χ4n) is 4.21. The van der Waals surface area contributed by atoms with Crippen LogP contribution >= 0.6 is 11.8 Å².